The van der Waals surface area contributed by atoms with Crippen LogP contribution in [0, 0.1) is 12.7 Å². The fraction of sp³-hybridized carbons (Fsp3) is 0.125. The van der Waals surface area contributed by atoms with E-state index in [0.717, 1.165) is 5.69 Å². The first-order chi connectivity index (χ1) is 11.1. The summed E-state index contributed by atoms with van der Waals surface area (Å²) in [7, 11) is 0. The third-order valence-electron chi connectivity index (χ3n) is 2.94. The zero-order valence-electron chi connectivity index (χ0n) is 12.2. The number of thiazole rings is 1. The quantitative estimate of drug-likeness (QED) is 0.669. The molecule has 1 aromatic carbocycles. The van der Waals surface area contributed by atoms with Gasteiger partial charge in [-0.05, 0) is 19.1 Å². The molecule has 23 heavy (non-hydrogen) atoms. The zero-order valence-corrected chi connectivity index (χ0v) is 13.0. The number of nitrogens with zero attached hydrogens (tertiary/aromatic N) is 3. The Morgan fingerprint density at radius 3 is 2.70 bits per heavy atom. The summed E-state index contributed by atoms with van der Waals surface area (Å²) in [5.41, 5.74) is 1.11. The number of ether oxygens (including phenoxy) is 1. The van der Waals surface area contributed by atoms with Crippen molar-refractivity contribution in [3.8, 4) is 11.5 Å². The summed E-state index contributed by atoms with van der Waals surface area (Å²) >= 11 is 1.41. The number of carbonyl (C=O) groups is 1. The summed E-state index contributed by atoms with van der Waals surface area (Å²) in [5.74, 6) is -0.170. The maximum Gasteiger partial charge on any atom is 0.169 e. The van der Waals surface area contributed by atoms with Gasteiger partial charge in [-0.15, -0.1) is 11.3 Å². The summed E-state index contributed by atoms with van der Waals surface area (Å²) in [4.78, 5) is 24.2. The van der Waals surface area contributed by atoms with E-state index in [4.69, 9.17) is 4.74 Å². The van der Waals surface area contributed by atoms with Crippen molar-refractivity contribution in [2.24, 2.45) is 0 Å². The van der Waals surface area contributed by atoms with Gasteiger partial charge in [0.25, 0.3) is 0 Å². The molecule has 0 aliphatic carbocycles. The van der Waals surface area contributed by atoms with E-state index in [0.29, 0.717) is 10.8 Å². The van der Waals surface area contributed by atoms with Crippen LogP contribution in [0.5, 0.6) is 11.5 Å². The van der Waals surface area contributed by atoms with Crippen molar-refractivity contribution in [2.75, 3.05) is 0 Å². The molecule has 0 unspecified atom stereocenters. The maximum atomic E-state index is 13.8. The SMILES string of the molecule is Cc1csc(CC(=O)c2cc(F)cc(Oc3cncnc3)c2)n1. The Morgan fingerprint density at radius 1 is 1.22 bits per heavy atom. The molecule has 5 nitrogen and oxygen atoms in total. The van der Waals surface area contributed by atoms with E-state index in [2.05, 4.69) is 15.0 Å². The minimum Gasteiger partial charge on any atom is -0.454 e. The van der Waals surface area contributed by atoms with Gasteiger partial charge in [0.05, 0.1) is 18.8 Å². The highest BCUT2D eigenvalue weighted by atomic mass is 32.1. The third-order valence-corrected chi connectivity index (χ3v) is 3.91. The molecule has 0 aliphatic heterocycles. The predicted octanol–water partition coefficient (Wildman–Crippen LogP) is 3.60. The van der Waals surface area contributed by atoms with Gasteiger partial charge in [-0.3, -0.25) is 4.79 Å². The minimum absolute atomic E-state index is 0.135. The van der Waals surface area contributed by atoms with Crippen LogP contribution in [0.2, 0.25) is 0 Å². The molecule has 0 atom stereocenters. The number of hydrogen-bond acceptors (Lipinski definition) is 6. The lowest BCUT2D eigenvalue weighted by molar-refractivity contribution is 0.0992. The average molecular weight is 329 g/mol. The normalized spacial score (nSPS) is 10.5. The number of rotatable bonds is 5. The second-order valence-electron chi connectivity index (χ2n) is 4.83. The van der Waals surface area contributed by atoms with Gasteiger partial charge in [-0.2, -0.15) is 0 Å². The Hall–Kier alpha value is -2.67. The lowest BCUT2D eigenvalue weighted by atomic mass is 10.1. The van der Waals surface area contributed by atoms with Gasteiger partial charge in [-0.1, -0.05) is 0 Å². The number of Topliss-reactive ketones (excluding diaryl/α,β-unsaturated/α-hetero) is 1. The van der Waals surface area contributed by atoms with Crippen LogP contribution < -0.4 is 4.74 Å². The first-order valence-electron chi connectivity index (χ1n) is 6.78. The lowest BCUT2D eigenvalue weighted by Crippen LogP contribution is -2.04. The van der Waals surface area contributed by atoms with E-state index in [1.54, 1.807) is 0 Å². The van der Waals surface area contributed by atoms with Crippen LogP contribution in [-0.4, -0.2) is 20.7 Å². The molecule has 0 saturated carbocycles. The molecule has 7 heteroatoms. The Kier molecular flexibility index (Phi) is 4.38. The van der Waals surface area contributed by atoms with Crippen molar-refractivity contribution in [3.63, 3.8) is 0 Å². The minimum atomic E-state index is -0.544. The molecule has 3 rings (SSSR count). The highest BCUT2D eigenvalue weighted by Gasteiger charge is 2.13. The monoisotopic (exact) mass is 329 g/mol. The van der Waals surface area contributed by atoms with Crippen LogP contribution in [-0.2, 0) is 6.42 Å². The number of aryl methyl sites for hydroxylation is 1. The molecule has 0 fully saturated rings. The Morgan fingerprint density at radius 2 is 2.00 bits per heavy atom. The average Bonchev–Trinajstić information content (AvgIpc) is 2.93. The van der Waals surface area contributed by atoms with Crippen LogP contribution in [0.25, 0.3) is 0 Å². The summed E-state index contributed by atoms with van der Waals surface area (Å²) < 4.78 is 19.2. The Bertz CT molecular complexity index is 836. The first kappa shape index (κ1) is 15.2. The number of hydrogen-bond donors (Lipinski definition) is 0. The fourth-order valence-corrected chi connectivity index (χ4v) is 2.75. The van der Waals surface area contributed by atoms with Gasteiger partial charge in [0.1, 0.15) is 22.9 Å². The number of aromatic nitrogens is 3. The van der Waals surface area contributed by atoms with Crippen LogP contribution in [0.1, 0.15) is 21.1 Å². The van der Waals surface area contributed by atoms with Crippen molar-refractivity contribution in [2.45, 2.75) is 13.3 Å². The molecular weight excluding hydrogens is 317 g/mol. The zero-order chi connectivity index (χ0) is 16.2. The van der Waals surface area contributed by atoms with E-state index in [1.165, 1.54) is 48.3 Å². The van der Waals surface area contributed by atoms with Crippen molar-refractivity contribution in [1.82, 2.24) is 15.0 Å². The molecule has 0 aliphatic rings. The smallest absolute Gasteiger partial charge is 0.169 e. The molecule has 0 radical (unpaired) electrons. The molecule has 2 heterocycles. The summed E-state index contributed by atoms with van der Waals surface area (Å²) in [5, 5.41) is 2.58. The third kappa shape index (κ3) is 3.95. The molecule has 2 aromatic heterocycles. The highest BCUT2D eigenvalue weighted by molar-refractivity contribution is 7.09. The van der Waals surface area contributed by atoms with E-state index in [1.807, 2.05) is 12.3 Å². The summed E-state index contributed by atoms with van der Waals surface area (Å²) in [6.45, 7) is 1.86. The number of benzene rings is 1. The maximum absolute atomic E-state index is 13.8. The number of carbonyl (C=O) groups excluding carboxylic acids is 1. The van der Waals surface area contributed by atoms with E-state index < -0.39 is 5.82 Å². The summed E-state index contributed by atoms with van der Waals surface area (Å²) in [6, 6.07) is 3.90. The van der Waals surface area contributed by atoms with Crippen molar-refractivity contribution in [3.05, 3.63) is 64.4 Å². The Balaban J connectivity index is 1.80. The van der Waals surface area contributed by atoms with E-state index >= 15 is 0 Å². The van der Waals surface area contributed by atoms with Crippen molar-refractivity contribution >= 4 is 17.1 Å². The second kappa shape index (κ2) is 6.62. The van der Waals surface area contributed by atoms with Crippen LogP contribution in [0.4, 0.5) is 4.39 Å². The van der Waals surface area contributed by atoms with E-state index in [-0.39, 0.29) is 23.5 Å². The van der Waals surface area contributed by atoms with Crippen molar-refractivity contribution < 1.29 is 13.9 Å². The second-order valence-corrected chi connectivity index (χ2v) is 5.78. The van der Waals surface area contributed by atoms with Gasteiger partial charge >= 0.3 is 0 Å². The summed E-state index contributed by atoms with van der Waals surface area (Å²) in [6.07, 6.45) is 4.41. The fourth-order valence-electron chi connectivity index (χ4n) is 1.98. The Labute approximate surface area is 135 Å². The van der Waals surface area contributed by atoms with Crippen LogP contribution in [0.15, 0.2) is 42.3 Å². The molecular formula is C16H12FN3O2S. The van der Waals surface area contributed by atoms with Gasteiger partial charge in [0.2, 0.25) is 0 Å². The lowest BCUT2D eigenvalue weighted by Gasteiger charge is -2.07. The molecule has 0 amide bonds. The molecule has 3 aromatic rings. The number of ketones is 1. The van der Waals surface area contributed by atoms with E-state index in [9.17, 15) is 9.18 Å². The van der Waals surface area contributed by atoms with Gasteiger partial charge < -0.3 is 4.74 Å². The molecule has 116 valence electrons. The van der Waals surface area contributed by atoms with Gasteiger partial charge in [0, 0.05) is 22.7 Å². The molecule has 0 saturated heterocycles. The largest absolute Gasteiger partial charge is 0.454 e. The topological polar surface area (TPSA) is 65.0 Å². The van der Waals surface area contributed by atoms with Crippen molar-refractivity contribution in [1.29, 1.82) is 0 Å². The number of halogens is 1. The van der Waals surface area contributed by atoms with Gasteiger partial charge in [-0.25, -0.2) is 19.3 Å². The molecule has 0 N–H and O–H groups in total. The van der Waals surface area contributed by atoms with Gasteiger partial charge in [0.15, 0.2) is 11.5 Å². The first-order valence-corrected chi connectivity index (χ1v) is 7.66. The molecule has 0 bridgehead atoms. The predicted molar refractivity (Wildman–Crippen MR) is 83.4 cm³/mol. The van der Waals surface area contributed by atoms with Crippen LogP contribution >= 0.6 is 11.3 Å². The molecule has 0 spiro atoms. The highest BCUT2D eigenvalue weighted by Crippen LogP contribution is 2.23. The standard InChI is InChI=1S/C16H12FN3O2S/c1-10-8-23-16(20-10)5-15(21)11-2-12(17)4-13(3-11)22-14-6-18-9-19-7-14/h2-4,6-9H,5H2,1H3. The van der Waals surface area contributed by atoms with Crippen LogP contribution in [0.3, 0.4) is 0 Å².